The quantitative estimate of drug-likeness (QED) is 0.606. The second kappa shape index (κ2) is 8.79. The van der Waals surface area contributed by atoms with Crippen LogP contribution in [0.15, 0.2) is 54.6 Å². The van der Waals surface area contributed by atoms with Crippen LogP contribution in [0.3, 0.4) is 0 Å². The van der Waals surface area contributed by atoms with Gasteiger partial charge < -0.3 is 9.64 Å². The molecule has 1 amide bonds. The number of carbonyl (C=O) groups excluding carboxylic acids is 1. The fraction of sp³-hybridized carbons (Fsp3) is 0.385. The average molecular weight is 431 g/mol. The highest BCUT2D eigenvalue weighted by molar-refractivity contribution is 5.92. The van der Waals surface area contributed by atoms with Gasteiger partial charge in [-0.2, -0.15) is 0 Å². The number of nitrogens with zero attached hydrogens (tertiary/aromatic N) is 4. The van der Waals surface area contributed by atoms with Gasteiger partial charge in [-0.15, -0.1) is 0 Å². The Morgan fingerprint density at radius 1 is 1.00 bits per heavy atom. The fourth-order valence-corrected chi connectivity index (χ4v) is 4.87. The first-order chi connectivity index (χ1) is 15.6. The first kappa shape index (κ1) is 20.8. The third kappa shape index (κ3) is 4.15. The van der Waals surface area contributed by atoms with E-state index in [2.05, 4.69) is 59.2 Å². The number of aryl methyl sites for hydroxylation is 1. The number of anilines is 2. The summed E-state index contributed by atoms with van der Waals surface area (Å²) in [4.78, 5) is 23.4. The van der Waals surface area contributed by atoms with Crippen molar-refractivity contribution in [1.29, 1.82) is 0 Å². The van der Waals surface area contributed by atoms with E-state index >= 15 is 0 Å². The van der Waals surface area contributed by atoms with E-state index in [4.69, 9.17) is 9.72 Å². The average Bonchev–Trinajstić information content (AvgIpc) is 3.24. The van der Waals surface area contributed by atoms with E-state index in [1.165, 1.54) is 16.6 Å². The predicted molar refractivity (Wildman–Crippen MR) is 129 cm³/mol. The Morgan fingerprint density at radius 3 is 2.59 bits per heavy atom. The number of hydrogen-bond acceptors (Lipinski definition) is 5. The number of rotatable bonds is 5. The smallest absolute Gasteiger partial charge is 0.414 e. The van der Waals surface area contributed by atoms with Gasteiger partial charge in [0, 0.05) is 54.7 Å². The summed E-state index contributed by atoms with van der Waals surface area (Å²) in [5.74, 6) is 0. The number of aromatic nitrogens is 1. The van der Waals surface area contributed by atoms with Crippen LogP contribution in [0.4, 0.5) is 16.2 Å². The van der Waals surface area contributed by atoms with E-state index in [0.29, 0.717) is 19.2 Å². The lowest BCUT2D eigenvalue weighted by molar-refractivity contribution is 0.181. The lowest BCUT2D eigenvalue weighted by Crippen LogP contribution is -2.50. The zero-order valence-corrected chi connectivity index (χ0v) is 18.8. The summed E-state index contributed by atoms with van der Waals surface area (Å²) in [6.45, 7) is 9.53. The third-order valence-corrected chi connectivity index (χ3v) is 6.64. The second-order valence-electron chi connectivity index (χ2n) is 8.81. The van der Waals surface area contributed by atoms with Crippen molar-refractivity contribution in [3.8, 4) is 0 Å². The number of cyclic esters (lactones) is 1. The maximum absolute atomic E-state index is 11.9. The molecule has 2 saturated heterocycles. The maximum atomic E-state index is 11.9. The van der Waals surface area contributed by atoms with Gasteiger partial charge in [0.1, 0.15) is 6.61 Å². The molecule has 166 valence electrons. The lowest BCUT2D eigenvalue weighted by Gasteiger charge is -2.39. The van der Waals surface area contributed by atoms with Gasteiger partial charge in [-0.3, -0.25) is 14.8 Å². The highest BCUT2D eigenvalue weighted by atomic mass is 16.6. The van der Waals surface area contributed by atoms with Crippen LogP contribution in [0.5, 0.6) is 0 Å². The summed E-state index contributed by atoms with van der Waals surface area (Å²) >= 11 is 0. The molecular weight excluding hydrogens is 400 g/mol. The van der Waals surface area contributed by atoms with Crippen molar-refractivity contribution in [2.75, 3.05) is 49.1 Å². The summed E-state index contributed by atoms with van der Waals surface area (Å²) in [5, 5.41) is 1.23. The van der Waals surface area contributed by atoms with Crippen molar-refractivity contribution < 1.29 is 9.53 Å². The minimum absolute atomic E-state index is 0.245. The normalized spacial score (nSPS) is 18.2. The van der Waals surface area contributed by atoms with Gasteiger partial charge in [-0.25, -0.2) is 4.79 Å². The van der Waals surface area contributed by atoms with E-state index in [1.807, 2.05) is 19.1 Å². The number of carbonyl (C=O) groups is 1. The summed E-state index contributed by atoms with van der Waals surface area (Å²) in [6.07, 6.45) is 0.721. The SMILES string of the molecule is Cc1ccc2c(N3CCN(C(C)Cc4cccc(N5CCOC5=O)c4)CC3)cccc2n1. The molecule has 2 aliphatic rings. The first-order valence-electron chi connectivity index (χ1n) is 11.5. The third-order valence-electron chi connectivity index (χ3n) is 6.64. The largest absolute Gasteiger partial charge is 0.447 e. The topological polar surface area (TPSA) is 48.9 Å². The van der Waals surface area contributed by atoms with Gasteiger partial charge in [-0.05, 0) is 62.2 Å². The zero-order valence-electron chi connectivity index (χ0n) is 18.8. The molecule has 32 heavy (non-hydrogen) atoms. The Balaban J connectivity index is 1.23. The number of pyridine rings is 1. The van der Waals surface area contributed by atoms with Crippen LogP contribution in [0, 0.1) is 6.92 Å². The summed E-state index contributed by atoms with van der Waals surface area (Å²) in [6, 6.07) is 19.5. The fourth-order valence-electron chi connectivity index (χ4n) is 4.87. The molecule has 0 spiro atoms. The molecule has 0 N–H and O–H groups in total. The molecule has 0 bridgehead atoms. The molecular formula is C26H30N4O2. The van der Waals surface area contributed by atoms with E-state index in [9.17, 15) is 4.79 Å². The Labute approximate surface area is 189 Å². The number of hydrogen-bond donors (Lipinski definition) is 0. The minimum Gasteiger partial charge on any atom is -0.447 e. The summed E-state index contributed by atoms with van der Waals surface area (Å²) in [7, 11) is 0. The molecule has 0 aliphatic carbocycles. The number of piperazine rings is 1. The van der Waals surface area contributed by atoms with Crippen LogP contribution < -0.4 is 9.80 Å². The Morgan fingerprint density at radius 2 is 1.81 bits per heavy atom. The highest BCUT2D eigenvalue weighted by Crippen LogP contribution is 2.28. The van der Waals surface area contributed by atoms with Crippen molar-refractivity contribution in [3.63, 3.8) is 0 Å². The van der Waals surface area contributed by atoms with Crippen LogP contribution >= 0.6 is 0 Å². The van der Waals surface area contributed by atoms with Crippen molar-refractivity contribution in [2.45, 2.75) is 26.3 Å². The molecule has 0 saturated carbocycles. The molecule has 1 aromatic heterocycles. The van der Waals surface area contributed by atoms with E-state index < -0.39 is 0 Å². The molecule has 3 heterocycles. The van der Waals surface area contributed by atoms with Gasteiger partial charge >= 0.3 is 6.09 Å². The molecule has 2 fully saturated rings. The Hall–Kier alpha value is -3.12. The van der Waals surface area contributed by atoms with Crippen LogP contribution in [0.25, 0.3) is 10.9 Å². The molecule has 0 radical (unpaired) electrons. The summed E-state index contributed by atoms with van der Waals surface area (Å²) < 4.78 is 5.09. The van der Waals surface area contributed by atoms with Crippen LogP contribution in [0.1, 0.15) is 18.2 Å². The standard InChI is InChI=1S/C26H30N4O2/c1-19-9-10-23-24(27-19)7-4-8-25(23)29-13-11-28(12-14-29)20(2)17-21-5-3-6-22(18-21)30-15-16-32-26(30)31/h3-10,18,20H,11-17H2,1-2H3. The molecule has 1 atom stereocenters. The van der Waals surface area contributed by atoms with E-state index in [1.54, 1.807) is 4.90 Å². The van der Waals surface area contributed by atoms with Gasteiger partial charge in [0.25, 0.3) is 0 Å². The number of fused-ring (bicyclic) bond motifs is 1. The first-order valence-corrected chi connectivity index (χ1v) is 11.5. The molecule has 5 rings (SSSR count). The summed E-state index contributed by atoms with van der Waals surface area (Å²) in [5.41, 5.74) is 5.60. The van der Waals surface area contributed by atoms with Crippen LogP contribution in [0.2, 0.25) is 0 Å². The molecule has 3 aromatic rings. The monoisotopic (exact) mass is 430 g/mol. The van der Waals surface area contributed by atoms with Gasteiger partial charge in [0.2, 0.25) is 0 Å². The molecule has 2 aromatic carbocycles. The van der Waals surface area contributed by atoms with E-state index in [0.717, 1.165) is 49.5 Å². The number of amides is 1. The minimum atomic E-state index is -0.245. The zero-order chi connectivity index (χ0) is 22.1. The number of ether oxygens (including phenoxy) is 1. The van der Waals surface area contributed by atoms with Gasteiger partial charge in [-0.1, -0.05) is 18.2 Å². The molecule has 6 nitrogen and oxygen atoms in total. The molecule has 1 unspecified atom stereocenters. The van der Waals surface area contributed by atoms with Gasteiger partial charge in [0.15, 0.2) is 0 Å². The van der Waals surface area contributed by atoms with Crippen molar-refractivity contribution in [1.82, 2.24) is 9.88 Å². The van der Waals surface area contributed by atoms with Crippen molar-refractivity contribution >= 4 is 28.4 Å². The maximum Gasteiger partial charge on any atom is 0.414 e. The molecule has 2 aliphatic heterocycles. The van der Waals surface area contributed by atoms with Crippen molar-refractivity contribution in [2.24, 2.45) is 0 Å². The molecule has 6 heteroatoms. The van der Waals surface area contributed by atoms with Crippen LogP contribution in [-0.4, -0.2) is 61.3 Å². The highest BCUT2D eigenvalue weighted by Gasteiger charge is 2.25. The second-order valence-corrected chi connectivity index (χ2v) is 8.81. The lowest BCUT2D eigenvalue weighted by atomic mass is 10.0. The van der Waals surface area contributed by atoms with Crippen molar-refractivity contribution in [3.05, 3.63) is 65.9 Å². The Bertz CT molecular complexity index is 1120. The van der Waals surface area contributed by atoms with Crippen LogP contribution in [-0.2, 0) is 11.2 Å². The Kier molecular flexibility index (Phi) is 5.70. The predicted octanol–water partition coefficient (Wildman–Crippen LogP) is 4.25. The van der Waals surface area contributed by atoms with E-state index in [-0.39, 0.29) is 6.09 Å². The number of benzene rings is 2. The van der Waals surface area contributed by atoms with Gasteiger partial charge in [0.05, 0.1) is 12.1 Å².